The van der Waals surface area contributed by atoms with E-state index in [2.05, 4.69) is 15.3 Å². The van der Waals surface area contributed by atoms with E-state index in [1.807, 2.05) is 0 Å². The molecule has 0 saturated heterocycles. The van der Waals surface area contributed by atoms with E-state index in [-0.39, 0.29) is 17.5 Å². The lowest BCUT2D eigenvalue weighted by atomic mass is 10.1. The molecule has 21 heavy (non-hydrogen) atoms. The zero-order valence-corrected chi connectivity index (χ0v) is 11.5. The summed E-state index contributed by atoms with van der Waals surface area (Å²) in [6, 6.07) is 8.11. The fourth-order valence-corrected chi connectivity index (χ4v) is 1.93. The van der Waals surface area contributed by atoms with Crippen LogP contribution < -0.4 is 11.1 Å². The number of nitrogens with zero attached hydrogens (tertiary/aromatic N) is 2. The Kier molecular flexibility index (Phi) is 4.52. The maximum Gasteiger partial charge on any atom is 0.389 e. The largest absolute Gasteiger partial charge is 0.389 e. The summed E-state index contributed by atoms with van der Waals surface area (Å²) in [6.07, 6.45) is -5.10. The number of nitrogens with one attached hydrogen (secondary N) is 1. The molecule has 1 aromatic carbocycles. The smallest absolute Gasteiger partial charge is 0.368 e. The maximum absolute atomic E-state index is 12.2. The van der Waals surface area contributed by atoms with E-state index in [1.165, 1.54) is 6.07 Å². The summed E-state index contributed by atoms with van der Waals surface area (Å²) < 4.78 is 36.6. The van der Waals surface area contributed by atoms with Gasteiger partial charge in [-0.2, -0.15) is 18.2 Å². The molecule has 3 N–H and O–H groups in total. The highest BCUT2D eigenvalue weighted by Gasteiger charge is 2.26. The van der Waals surface area contributed by atoms with Gasteiger partial charge in [-0.15, -0.1) is 0 Å². The Morgan fingerprint density at radius 2 is 1.95 bits per heavy atom. The third-order valence-corrected chi connectivity index (χ3v) is 2.80. The number of hydrogen-bond acceptors (Lipinski definition) is 4. The lowest BCUT2D eigenvalue weighted by Crippen LogP contribution is -2.08. The van der Waals surface area contributed by atoms with Crippen LogP contribution in [0.1, 0.15) is 12.0 Å². The van der Waals surface area contributed by atoms with Gasteiger partial charge in [0.15, 0.2) is 0 Å². The molecule has 0 atom stereocenters. The van der Waals surface area contributed by atoms with Crippen LogP contribution >= 0.6 is 11.6 Å². The van der Waals surface area contributed by atoms with Crippen molar-refractivity contribution in [2.24, 2.45) is 0 Å². The molecule has 2 rings (SSSR count). The first kappa shape index (κ1) is 15.4. The Morgan fingerprint density at radius 3 is 2.62 bits per heavy atom. The minimum Gasteiger partial charge on any atom is -0.368 e. The van der Waals surface area contributed by atoms with Crippen LogP contribution in [-0.2, 0) is 6.42 Å². The average molecular weight is 317 g/mol. The third-order valence-electron chi connectivity index (χ3n) is 2.61. The molecule has 1 heterocycles. The predicted octanol–water partition coefficient (Wildman–Crippen LogP) is 3.95. The van der Waals surface area contributed by atoms with Crippen molar-refractivity contribution < 1.29 is 13.2 Å². The van der Waals surface area contributed by atoms with E-state index >= 15 is 0 Å². The molecule has 0 bridgehead atoms. The Hall–Kier alpha value is -2.02. The molecule has 0 aliphatic rings. The number of halogens is 4. The maximum atomic E-state index is 12.2. The van der Waals surface area contributed by atoms with Crippen molar-refractivity contribution in [2.75, 3.05) is 11.1 Å². The lowest BCUT2D eigenvalue weighted by Gasteiger charge is -2.09. The highest BCUT2D eigenvalue weighted by Crippen LogP contribution is 2.24. The molecule has 0 aliphatic carbocycles. The molecule has 4 nitrogen and oxygen atoms in total. The molecular weight excluding hydrogens is 305 g/mol. The molecule has 0 spiro atoms. The topological polar surface area (TPSA) is 63.8 Å². The van der Waals surface area contributed by atoms with Crippen LogP contribution in [0.2, 0.25) is 5.15 Å². The second-order valence-corrected chi connectivity index (χ2v) is 4.76. The van der Waals surface area contributed by atoms with Gasteiger partial charge in [0.05, 0.1) is 0 Å². The summed E-state index contributed by atoms with van der Waals surface area (Å²) in [5.41, 5.74) is 6.64. The van der Waals surface area contributed by atoms with Crippen LogP contribution in [0.15, 0.2) is 30.3 Å². The van der Waals surface area contributed by atoms with E-state index in [9.17, 15) is 13.2 Å². The number of anilines is 3. The van der Waals surface area contributed by atoms with Crippen LogP contribution in [0.25, 0.3) is 0 Å². The van der Waals surface area contributed by atoms with Gasteiger partial charge in [0.1, 0.15) is 11.0 Å². The number of benzene rings is 1. The van der Waals surface area contributed by atoms with Crippen LogP contribution in [0.5, 0.6) is 0 Å². The number of aromatic nitrogens is 2. The Bertz CT molecular complexity index is 611. The van der Waals surface area contributed by atoms with Crippen molar-refractivity contribution in [3.05, 3.63) is 41.0 Å². The average Bonchev–Trinajstić information content (AvgIpc) is 2.35. The van der Waals surface area contributed by atoms with Crippen LogP contribution in [0.4, 0.5) is 30.6 Å². The first-order valence-electron chi connectivity index (χ1n) is 6.04. The summed E-state index contributed by atoms with van der Waals surface area (Å²) in [4.78, 5) is 7.65. The molecule has 1 aromatic heterocycles. The van der Waals surface area contributed by atoms with E-state index in [1.54, 1.807) is 24.3 Å². The minimum absolute atomic E-state index is 0.0122. The van der Waals surface area contributed by atoms with Gasteiger partial charge in [-0.1, -0.05) is 23.7 Å². The van der Waals surface area contributed by atoms with Crippen molar-refractivity contribution in [1.29, 1.82) is 0 Å². The highest BCUT2D eigenvalue weighted by molar-refractivity contribution is 6.29. The lowest BCUT2D eigenvalue weighted by molar-refractivity contribution is -0.133. The van der Waals surface area contributed by atoms with Crippen molar-refractivity contribution in [1.82, 2.24) is 9.97 Å². The molecule has 112 valence electrons. The fourth-order valence-electron chi connectivity index (χ4n) is 1.74. The van der Waals surface area contributed by atoms with Gasteiger partial charge in [0.2, 0.25) is 5.95 Å². The van der Waals surface area contributed by atoms with Gasteiger partial charge in [-0.25, -0.2) is 4.98 Å². The number of nitrogen functional groups attached to an aromatic ring is 1. The van der Waals surface area contributed by atoms with Crippen LogP contribution in [0.3, 0.4) is 0 Å². The predicted molar refractivity (Wildman–Crippen MR) is 75.6 cm³/mol. The Morgan fingerprint density at radius 1 is 1.19 bits per heavy atom. The molecular formula is C13H12ClF3N4. The normalized spacial score (nSPS) is 11.4. The number of rotatable bonds is 4. The van der Waals surface area contributed by atoms with Crippen molar-refractivity contribution in [3.63, 3.8) is 0 Å². The van der Waals surface area contributed by atoms with E-state index in [4.69, 9.17) is 17.3 Å². The molecule has 2 aromatic rings. The van der Waals surface area contributed by atoms with Gasteiger partial charge < -0.3 is 11.1 Å². The summed E-state index contributed by atoms with van der Waals surface area (Å²) >= 11 is 5.75. The molecule has 0 aliphatic heterocycles. The number of aryl methyl sites for hydroxylation is 1. The summed E-state index contributed by atoms with van der Waals surface area (Å²) in [5, 5.41) is 3.11. The highest BCUT2D eigenvalue weighted by atomic mass is 35.5. The number of nitrogens with two attached hydrogens (primary N) is 1. The van der Waals surface area contributed by atoms with Gasteiger partial charge in [-0.05, 0) is 24.1 Å². The van der Waals surface area contributed by atoms with Gasteiger partial charge >= 0.3 is 6.18 Å². The molecule has 8 heteroatoms. The first-order valence-corrected chi connectivity index (χ1v) is 6.42. The van der Waals surface area contributed by atoms with Crippen molar-refractivity contribution >= 4 is 29.1 Å². The standard InChI is InChI=1S/C13H12ClF3N4/c14-10-7-11(21-12(18)20-10)19-9-3-1-2-8(6-9)4-5-13(15,16)17/h1-3,6-7H,4-5H2,(H3,18,19,20,21). The Balaban J connectivity index is 2.10. The van der Waals surface area contributed by atoms with Crippen molar-refractivity contribution in [2.45, 2.75) is 19.0 Å². The number of alkyl halides is 3. The van der Waals surface area contributed by atoms with Crippen LogP contribution in [-0.4, -0.2) is 16.1 Å². The van der Waals surface area contributed by atoms with Crippen LogP contribution in [0, 0.1) is 0 Å². The second-order valence-electron chi connectivity index (χ2n) is 4.37. The molecule has 0 amide bonds. The molecule has 0 fully saturated rings. The van der Waals surface area contributed by atoms with Gasteiger partial charge in [0.25, 0.3) is 0 Å². The quantitative estimate of drug-likeness (QED) is 0.838. The summed E-state index contributed by atoms with van der Waals surface area (Å²) in [6.45, 7) is 0. The second kappa shape index (κ2) is 6.17. The summed E-state index contributed by atoms with van der Waals surface area (Å²) in [5.74, 6) is 0.388. The van der Waals surface area contributed by atoms with Gasteiger partial charge in [-0.3, -0.25) is 0 Å². The van der Waals surface area contributed by atoms with Crippen molar-refractivity contribution in [3.8, 4) is 0 Å². The summed E-state index contributed by atoms with van der Waals surface area (Å²) in [7, 11) is 0. The molecule has 0 radical (unpaired) electrons. The third kappa shape index (κ3) is 5.11. The van der Waals surface area contributed by atoms with E-state index in [0.29, 0.717) is 17.1 Å². The Labute approximate surface area is 124 Å². The van der Waals surface area contributed by atoms with E-state index < -0.39 is 12.6 Å². The zero-order valence-electron chi connectivity index (χ0n) is 10.8. The first-order chi connectivity index (χ1) is 9.82. The van der Waals surface area contributed by atoms with E-state index in [0.717, 1.165) is 0 Å². The minimum atomic E-state index is -4.17. The molecule has 0 saturated carbocycles. The molecule has 0 unspecified atom stereocenters. The number of hydrogen-bond donors (Lipinski definition) is 2. The fraction of sp³-hybridized carbons (Fsp3) is 0.231. The SMILES string of the molecule is Nc1nc(Cl)cc(Nc2cccc(CCC(F)(F)F)c2)n1. The monoisotopic (exact) mass is 316 g/mol. The van der Waals surface area contributed by atoms with Gasteiger partial charge in [0, 0.05) is 18.2 Å². The zero-order chi connectivity index (χ0) is 15.5.